The van der Waals surface area contributed by atoms with Gasteiger partial charge in [0.1, 0.15) is 5.82 Å². The molecular formula is C27H26N2S. The third-order valence-corrected chi connectivity index (χ3v) is 6.75. The first-order valence-electron chi connectivity index (χ1n) is 11.0. The van der Waals surface area contributed by atoms with E-state index in [2.05, 4.69) is 80.1 Å². The maximum atomic E-state index is 8.16. The number of hydrogen-bond donors (Lipinski definition) is 0. The third kappa shape index (κ3) is 2.96. The molecule has 2 aromatic heterocycles. The predicted molar refractivity (Wildman–Crippen MR) is 130 cm³/mol. The normalized spacial score (nSPS) is 12.4. The maximum Gasteiger partial charge on any atom is 0.147 e. The Hall–Kier alpha value is -2.91. The van der Waals surface area contributed by atoms with E-state index in [0.29, 0.717) is 17.9 Å². The van der Waals surface area contributed by atoms with Crippen molar-refractivity contribution in [3.63, 3.8) is 0 Å². The van der Waals surface area contributed by atoms with Gasteiger partial charge in [0.25, 0.3) is 0 Å². The molecule has 0 spiro atoms. The minimum absolute atomic E-state index is 0.391. The van der Waals surface area contributed by atoms with Gasteiger partial charge in [-0.1, -0.05) is 76.2 Å². The summed E-state index contributed by atoms with van der Waals surface area (Å²) in [5.74, 6) is 1.73. The summed E-state index contributed by atoms with van der Waals surface area (Å²) in [5, 5.41) is 3.29. The molecule has 0 aliphatic carbocycles. The molecule has 3 aromatic carbocycles. The van der Waals surface area contributed by atoms with E-state index in [1.165, 1.54) is 21.5 Å². The third-order valence-electron chi connectivity index (χ3n) is 5.79. The number of imidazole rings is 1. The fourth-order valence-corrected chi connectivity index (χ4v) is 5.21. The average molecular weight is 412 g/mol. The van der Waals surface area contributed by atoms with Crippen molar-refractivity contribution >= 4 is 32.5 Å². The second kappa shape index (κ2) is 7.41. The van der Waals surface area contributed by atoms with Crippen LogP contribution in [0, 0.1) is 0 Å². The molecule has 0 fully saturated rings. The van der Waals surface area contributed by atoms with Gasteiger partial charge in [-0.15, -0.1) is 11.3 Å². The van der Waals surface area contributed by atoms with Gasteiger partial charge in [0.15, 0.2) is 0 Å². The second-order valence-corrected chi connectivity index (χ2v) is 9.34. The van der Waals surface area contributed by atoms with Crippen LogP contribution in [-0.4, -0.2) is 9.55 Å². The number of thiophene rings is 1. The number of benzene rings is 3. The molecule has 2 nitrogen and oxygen atoms in total. The van der Waals surface area contributed by atoms with E-state index in [1.54, 1.807) is 11.3 Å². The summed E-state index contributed by atoms with van der Waals surface area (Å²) in [5.41, 5.74) is 7.12. The molecule has 2 heterocycles. The van der Waals surface area contributed by atoms with Gasteiger partial charge in [0.05, 0.1) is 18.1 Å². The number of nitrogens with zero attached hydrogens (tertiary/aromatic N) is 2. The van der Waals surface area contributed by atoms with Crippen molar-refractivity contribution < 1.29 is 1.37 Å². The fourth-order valence-electron chi connectivity index (χ4n) is 4.29. The highest BCUT2D eigenvalue weighted by Crippen LogP contribution is 2.40. The van der Waals surface area contributed by atoms with E-state index in [4.69, 9.17) is 6.35 Å². The summed E-state index contributed by atoms with van der Waals surface area (Å²) in [6, 6.07) is 21.5. The lowest BCUT2D eigenvalue weighted by molar-refractivity contribution is 0.811. The zero-order valence-corrected chi connectivity index (χ0v) is 18.6. The van der Waals surface area contributed by atoms with Crippen LogP contribution in [-0.2, 0) is 0 Å². The minimum Gasteiger partial charge on any atom is -0.292 e. The number of para-hydroxylation sites is 3. The Bertz CT molecular complexity index is 1380. The van der Waals surface area contributed by atoms with Crippen molar-refractivity contribution in [2.75, 3.05) is 0 Å². The topological polar surface area (TPSA) is 17.8 Å². The van der Waals surface area contributed by atoms with Crippen molar-refractivity contribution in [2.24, 2.45) is 0 Å². The first kappa shape index (κ1) is 17.9. The number of fused-ring (bicyclic) bond motifs is 2. The molecule has 30 heavy (non-hydrogen) atoms. The number of rotatable bonds is 4. The Morgan fingerprint density at radius 1 is 0.867 bits per heavy atom. The van der Waals surface area contributed by atoms with E-state index in [9.17, 15) is 0 Å². The van der Waals surface area contributed by atoms with Crippen molar-refractivity contribution in [1.82, 2.24) is 9.55 Å². The molecule has 0 aliphatic heterocycles. The minimum atomic E-state index is 0.391. The second-order valence-electron chi connectivity index (χ2n) is 8.43. The molecule has 5 rings (SSSR count). The summed E-state index contributed by atoms with van der Waals surface area (Å²) in [6.07, 6.45) is 0. The molecule has 0 saturated heterocycles. The van der Waals surface area contributed by atoms with E-state index in [1.807, 2.05) is 18.2 Å². The highest BCUT2D eigenvalue weighted by Gasteiger charge is 2.23. The van der Waals surface area contributed by atoms with Crippen LogP contribution < -0.4 is 0 Å². The predicted octanol–water partition coefficient (Wildman–Crippen LogP) is 8.15. The van der Waals surface area contributed by atoms with Gasteiger partial charge < -0.3 is 0 Å². The zero-order chi connectivity index (χ0) is 21.7. The van der Waals surface area contributed by atoms with Crippen LogP contribution in [0.15, 0.2) is 72.1 Å². The van der Waals surface area contributed by atoms with Crippen LogP contribution in [0.4, 0.5) is 0 Å². The first-order valence-corrected chi connectivity index (χ1v) is 11.4. The lowest BCUT2D eigenvalue weighted by Crippen LogP contribution is -2.08. The summed E-state index contributed by atoms with van der Waals surface area (Å²) in [6.45, 7) is 9.03. The van der Waals surface area contributed by atoms with Gasteiger partial charge in [-0.3, -0.25) is 4.57 Å². The maximum absolute atomic E-state index is 8.16. The molecule has 0 saturated carbocycles. The average Bonchev–Trinajstić information content (AvgIpc) is 3.33. The highest BCUT2D eigenvalue weighted by atomic mass is 32.1. The standard InChI is InChI=1S/C27H26N2S/c1-17(2)19-11-9-12-20(18(3)4)26(19)29-24-14-7-6-13-23(24)28-27(29)22-16-30-25-15-8-5-10-21(22)25/h5-18H,1-4H3/i5D. The molecule has 0 amide bonds. The molecule has 0 atom stereocenters. The van der Waals surface area contributed by atoms with E-state index in [-0.39, 0.29) is 0 Å². The Morgan fingerprint density at radius 2 is 1.60 bits per heavy atom. The van der Waals surface area contributed by atoms with Crippen LogP contribution in [0.25, 0.3) is 38.2 Å². The summed E-state index contributed by atoms with van der Waals surface area (Å²) in [7, 11) is 0. The molecular weight excluding hydrogens is 384 g/mol. The van der Waals surface area contributed by atoms with E-state index in [0.717, 1.165) is 27.8 Å². The molecule has 150 valence electrons. The fraction of sp³-hybridized carbons (Fsp3) is 0.222. The lowest BCUT2D eigenvalue weighted by atomic mass is 9.92. The molecule has 0 bridgehead atoms. The zero-order valence-electron chi connectivity index (χ0n) is 18.8. The van der Waals surface area contributed by atoms with Gasteiger partial charge in [0.2, 0.25) is 0 Å². The van der Waals surface area contributed by atoms with Crippen LogP contribution >= 0.6 is 11.3 Å². The molecule has 3 heteroatoms. The SMILES string of the molecule is [2H]c1ccc2scc(-c3nc4ccccc4n3-c3c(C(C)C)cccc3C(C)C)c2c1. The molecule has 0 N–H and O–H groups in total. The monoisotopic (exact) mass is 411 g/mol. The van der Waals surface area contributed by atoms with Crippen LogP contribution in [0.5, 0.6) is 0 Å². The summed E-state index contributed by atoms with van der Waals surface area (Å²) in [4.78, 5) is 5.12. The largest absolute Gasteiger partial charge is 0.292 e. The van der Waals surface area contributed by atoms with Crippen LogP contribution in [0.1, 0.15) is 52.0 Å². The highest BCUT2D eigenvalue weighted by molar-refractivity contribution is 7.17. The van der Waals surface area contributed by atoms with Gasteiger partial charge in [-0.05, 0) is 41.2 Å². The first-order chi connectivity index (χ1) is 15.0. The lowest BCUT2D eigenvalue weighted by Gasteiger charge is -2.22. The Labute approximate surface area is 183 Å². The number of aromatic nitrogens is 2. The van der Waals surface area contributed by atoms with Gasteiger partial charge >= 0.3 is 0 Å². The van der Waals surface area contributed by atoms with Crippen LogP contribution in [0.3, 0.4) is 0 Å². The van der Waals surface area contributed by atoms with Crippen molar-refractivity contribution in [1.29, 1.82) is 0 Å². The van der Waals surface area contributed by atoms with Gasteiger partial charge in [-0.2, -0.15) is 0 Å². The van der Waals surface area contributed by atoms with Gasteiger partial charge in [0, 0.05) is 21.0 Å². The Balaban J connectivity index is 1.93. The molecule has 5 aromatic rings. The summed E-state index contributed by atoms with van der Waals surface area (Å²) >= 11 is 1.72. The number of hydrogen-bond acceptors (Lipinski definition) is 2. The summed E-state index contributed by atoms with van der Waals surface area (Å²) < 4.78 is 11.7. The van der Waals surface area contributed by atoms with Crippen molar-refractivity contribution in [3.05, 3.63) is 83.2 Å². The van der Waals surface area contributed by atoms with Crippen molar-refractivity contribution in [2.45, 2.75) is 39.5 Å². The Morgan fingerprint density at radius 3 is 2.33 bits per heavy atom. The molecule has 0 unspecified atom stereocenters. The Kier molecular flexibility index (Phi) is 4.42. The smallest absolute Gasteiger partial charge is 0.147 e. The van der Waals surface area contributed by atoms with E-state index < -0.39 is 0 Å². The molecule has 0 radical (unpaired) electrons. The van der Waals surface area contributed by atoms with Gasteiger partial charge in [-0.25, -0.2) is 4.98 Å². The molecule has 0 aliphatic rings. The van der Waals surface area contributed by atoms with Crippen LogP contribution in [0.2, 0.25) is 0 Å². The quantitative estimate of drug-likeness (QED) is 0.292. The van der Waals surface area contributed by atoms with E-state index >= 15 is 0 Å². The van der Waals surface area contributed by atoms with Crippen molar-refractivity contribution in [3.8, 4) is 17.1 Å².